The van der Waals surface area contributed by atoms with Crippen molar-refractivity contribution in [2.24, 2.45) is 7.05 Å². The van der Waals surface area contributed by atoms with Gasteiger partial charge in [0, 0.05) is 32.5 Å². The number of nitrogens with zero attached hydrogens (tertiary/aromatic N) is 1. The fourth-order valence-electron chi connectivity index (χ4n) is 0.965. The van der Waals surface area contributed by atoms with Crippen molar-refractivity contribution in [3.8, 4) is 0 Å². The van der Waals surface area contributed by atoms with Gasteiger partial charge in [-0.1, -0.05) is 0 Å². The zero-order valence-corrected chi connectivity index (χ0v) is 6.68. The van der Waals surface area contributed by atoms with Crippen LogP contribution in [0.25, 0.3) is 0 Å². The molecule has 0 atom stereocenters. The third-order valence-electron chi connectivity index (χ3n) is 1.49. The van der Waals surface area contributed by atoms with Crippen LogP contribution >= 0.6 is 0 Å². The van der Waals surface area contributed by atoms with Gasteiger partial charge in [0.1, 0.15) is 6.67 Å². The SMILES string of the molecule is Cn1ccc(CNCCF)c1. The normalized spacial score (nSPS) is 10.4. The van der Waals surface area contributed by atoms with Gasteiger partial charge >= 0.3 is 0 Å². The fourth-order valence-corrected chi connectivity index (χ4v) is 0.965. The molecule has 0 spiro atoms. The lowest BCUT2D eigenvalue weighted by Gasteiger charge is -1.97. The highest BCUT2D eigenvalue weighted by Gasteiger charge is 1.92. The lowest BCUT2D eigenvalue weighted by atomic mass is 10.3. The van der Waals surface area contributed by atoms with Gasteiger partial charge in [-0.25, -0.2) is 4.39 Å². The van der Waals surface area contributed by atoms with E-state index in [9.17, 15) is 4.39 Å². The first kappa shape index (κ1) is 8.27. The average Bonchev–Trinajstić information content (AvgIpc) is 2.37. The smallest absolute Gasteiger partial charge is 0.102 e. The largest absolute Gasteiger partial charge is 0.357 e. The molecule has 0 aliphatic rings. The van der Waals surface area contributed by atoms with Crippen molar-refractivity contribution >= 4 is 0 Å². The van der Waals surface area contributed by atoms with Crippen LogP contribution in [0.4, 0.5) is 4.39 Å². The number of hydrogen-bond acceptors (Lipinski definition) is 1. The Bertz CT molecular complexity index is 208. The molecule has 0 unspecified atom stereocenters. The first-order chi connectivity index (χ1) is 5.33. The van der Waals surface area contributed by atoms with Gasteiger partial charge in [0.2, 0.25) is 0 Å². The number of aromatic nitrogens is 1. The van der Waals surface area contributed by atoms with E-state index in [1.54, 1.807) is 0 Å². The van der Waals surface area contributed by atoms with Crippen LogP contribution < -0.4 is 5.32 Å². The third-order valence-corrected chi connectivity index (χ3v) is 1.49. The molecule has 1 heterocycles. The Morgan fingerprint density at radius 2 is 2.45 bits per heavy atom. The number of alkyl halides is 1. The summed E-state index contributed by atoms with van der Waals surface area (Å²) in [4.78, 5) is 0. The third kappa shape index (κ3) is 2.72. The maximum absolute atomic E-state index is 11.6. The van der Waals surface area contributed by atoms with Crippen LogP contribution in [0.3, 0.4) is 0 Å². The molecule has 0 amide bonds. The molecule has 0 saturated heterocycles. The second kappa shape index (κ2) is 4.13. The molecule has 0 bridgehead atoms. The van der Waals surface area contributed by atoms with Crippen LogP contribution in [0.5, 0.6) is 0 Å². The van der Waals surface area contributed by atoms with Crippen molar-refractivity contribution in [1.29, 1.82) is 0 Å². The van der Waals surface area contributed by atoms with E-state index in [0.717, 1.165) is 6.54 Å². The molecule has 0 aliphatic heterocycles. The molecule has 3 heteroatoms. The maximum atomic E-state index is 11.6. The summed E-state index contributed by atoms with van der Waals surface area (Å²) in [5.41, 5.74) is 1.20. The molecule has 1 rings (SSSR count). The second-order valence-electron chi connectivity index (χ2n) is 2.55. The lowest BCUT2D eigenvalue weighted by Crippen LogP contribution is -2.15. The molecule has 11 heavy (non-hydrogen) atoms. The molecule has 0 radical (unpaired) electrons. The van der Waals surface area contributed by atoms with Crippen molar-refractivity contribution in [3.63, 3.8) is 0 Å². The van der Waals surface area contributed by atoms with Gasteiger partial charge < -0.3 is 9.88 Å². The predicted octanol–water partition coefficient (Wildman–Crippen LogP) is 1.08. The zero-order valence-electron chi connectivity index (χ0n) is 6.68. The number of hydrogen-bond donors (Lipinski definition) is 1. The highest BCUT2D eigenvalue weighted by Crippen LogP contribution is 1.97. The van der Waals surface area contributed by atoms with Crippen LogP contribution in [0.15, 0.2) is 18.5 Å². The zero-order chi connectivity index (χ0) is 8.10. The number of halogens is 1. The molecule has 0 aromatic carbocycles. The Labute approximate surface area is 66.0 Å². The highest BCUT2D eigenvalue weighted by molar-refractivity contribution is 5.09. The molecule has 62 valence electrons. The fraction of sp³-hybridized carbons (Fsp3) is 0.500. The number of aryl methyl sites for hydroxylation is 1. The number of nitrogens with one attached hydrogen (secondary N) is 1. The summed E-state index contributed by atoms with van der Waals surface area (Å²) in [6.07, 6.45) is 4.00. The van der Waals surface area contributed by atoms with Crippen LogP contribution in [-0.2, 0) is 13.6 Å². The Balaban J connectivity index is 2.27. The van der Waals surface area contributed by atoms with Crippen LogP contribution in [-0.4, -0.2) is 17.8 Å². The predicted molar refractivity (Wildman–Crippen MR) is 43.1 cm³/mol. The van der Waals surface area contributed by atoms with E-state index in [4.69, 9.17) is 0 Å². The molecule has 0 fully saturated rings. The van der Waals surface area contributed by atoms with E-state index < -0.39 is 0 Å². The molecule has 1 aromatic rings. The van der Waals surface area contributed by atoms with E-state index in [-0.39, 0.29) is 6.67 Å². The molecule has 2 nitrogen and oxygen atoms in total. The number of rotatable bonds is 4. The van der Waals surface area contributed by atoms with E-state index in [0.29, 0.717) is 6.54 Å². The van der Waals surface area contributed by atoms with Crippen molar-refractivity contribution in [1.82, 2.24) is 9.88 Å². The second-order valence-corrected chi connectivity index (χ2v) is 2.55. The summed E-state index contributed by atoms with van der Waals surface area (Å²) in [6.45, 7) is 0.895. The van der Waals surface area contributed by atoms with Crippen LogP contribution in [0.1, 0.15) is 5.56 Å². The standard InChI is InChI=1S/C8H13FN2/c1-11-5-2-8(7-11)6-10-4-3-9/h2,5,7,10H,3-4,6H2,1H3. The lowest BCUT2D eigenvalue weighted by molar-refractivity contribution is 0.467. The Morgan fingerprint density at radius 1 is 1.64 bits per heavy atom. The van der Waals surface area contributed by atoms with Gasteiger partial charge in [-0.05, 0) is 11.6 Å². The molecule has 0 saturated carbocycles. The topological polar surface area (TPSA) is 17.0 Å². The molecular weight excluding hydrogens is 143 g/mol. The van der Waals surface area contributed by atoms with E-state index in [1.807, 2.05) is 30.1 Å². The first-order valence-electron chi connectivity index (χ1n) is 3.70. The van der Waals surface area contributed by atoms with E-state index in [1.165, 1.54) is 5.56 Å². The Hall–Kier alpha value is -0.830. The van der Waals surface area contributed by atoms with E-state index in [2.05, 4.69) is 5.32 Å². The molecule has 1 N–H and O–H groups in total. The van der Waals surface area contributed by atoms with Crippen LogP contribution in [0, 0.1) is 0 Å². The summed E-state index contributed by atoms with van der Waals surface area (Å²) in [5, 5.41) is 2.98. The Morgan fingerprint density at radius 3 is 3.00 bits per heavy atom. The minimum atomic E-state index is -0.299. The van der Waals surface area contributed by atoms with Crippen molar-refractivity contribution in [2.75, 3.05) is 13.2 Å². The van der Waals surface area contributed by atoms with Gasteiger partial charge in [0.25, 0.3) is 0 Å². The summed E-state index contributed by atoms with van der Waals surface area (Å²) < 4.78 is 13.6. The van der Waals surface area contributed by atoms with Crippen LogP contribution in [0.2, 0.25) is 0 Å². The average molecular weight is 156 g/mol. The van der Waals surface area contributed by atoms with Crippen molar-refractivity contribution < 1.29 is 4.39 Å². The highest BCUT2D eigenvalue weighted by atomic mass is 19.1. The summed E-state index contributed by atoms with van der Waals surface area (Å²) in [7, 11) is 1.97. The minimum absolute atomic E-state index is 0.299. The van der Waals surface area contributed by atoms with Gasteiger partial charge in [0.05, 0.1) is 0 Å². The van der Waals surface area contributed by atoms with Crippen molar-refractivity contribution in [2.45, 2.75) is 6.54 Å². The Kier molecular flexibility index (Phi) is 3.11. The van der Waals surface area contributed by atoms with Gasteiger partial charge in [-0.3, -0.25) is 0 Å². The van der Waals surface area contributed by atoms with Crippen molar-refractivity contribution in [3.05, 3.63) is 24.0 Å². The molecule has 1 aromatic heterocycles. The van der Waals surface area contributed by atoms with Gasteiger partial charge in [-0.2, -0.15) is 0 Å². The molecular formula is C8H13FN2. The summed E-state index contributed by atoms with van der Waals surface area (Å²) in [6, 6.07) is 2.02. The molecule has 0 aliphatic carbocycles. The quantitative estimate of drug-likeness (QED) is 0.645. The summed E-state index contributed by atoms with van der Waals surface area (Å²) in [5.74, 6) is 0. The van der Waals surface area contributed by atoms with Gasteiger partial charge in [0.15, 0.2) is 0 Å². The minimum Gasteiger partial charge on any atom is -0.357 e. The summed E-state index contributed by atoms with van der Waals surface area (Å²) >= 11 is 0. The first-order valence-corrected chi connectivity index (χ1v) is 3.70. The maximum Gasteiger partial charge on any atom is 0.102 e. The van der Waals surface area contributed by atoms with Gasteiger partial charge in [-0.15, -0.1) is 0 Å². The monoisotopic (exact) mass is 156 g/mol. The van der Waals surface area contributed by atoms with E-state index >= 15 is 0 Å².